The molecule has 7 heteroatoms. The Morgan fingerprint density at radius 1 is 1.33 bits per heavy atom. The zero-order valence-corrected chi connectivity index (χ0v) is 17.4. The van der Waals surface area contributed by atoms with Crippen molar-refractivity contribution in [3.63, 3.8) is 0 Å². The summed E-state index contributed by atoms with van der Waals surface area (Å²) in [6.45, 7) is 7.51. The van der Waals surface area contributed by atoms with Crippen LogP contribution < -0.4 is 10.1 Å². The van der Waals surface area contributed by atoms with Crippen LogP contribution in [0, 0.1) is 5.82 Å². The Hall–Kier alpha value is -2.77. The summed E-state index contributed by atoms with van der Waals surface area (Å²) in [4.78, 5) is 18.3. The van der Waals surface area contributed by atoms with Crippen LogP contribution in [0.1, 0.15) is 25.8 Å². The van der Waals surface area contributed by atoms with Crippen LogP contribution in [0.15, 0.2) is 48.8 Å². The SMILES string of the molecule is CC1CN(CCCNC(=O)/C=C/c2ccc(Oc3cccnc3)c(F)c2)CC(C)O1. The molecule has 2 heterocycles. The van der Waals surface area contributed by atoms with Gasteiger partial charge in [0.05, 0.1) is 18.4 Å². The summed E-state index contributed by atoms with van der Waals surface area (Å²) in [7, 11) is 0. The lowest BCUT2D eigenvalue weighted by molar-refractivity contribution is -0.116. The maximum atomic E-state index is 14.2. The number of amides is 1. The van der Waals surface area contributed by atoms with E-state index in [2.05, 4.69) is 29.0 Å². The van der Waals surface area contributed by atoms with Gasteiger partial charge in [0.2, 0.25) is 5.91 Å². The van der Waals surface area contributed by atoms with Crippen molar-refractivity contribution in [2.75, 3.05) is 26.2 Å². The molecule has 0 aliphatic carbocycles. The Morgan fingerprint density at radius 3 is 2.83 bits per heavy atom. The van der Waals surface area contributed by atoms with Crippen molar-refractivity contribution >= 4 is 12.0 Å². The number of carbonyl (C=O) groups is 1. The van der Waals surface area contributed by atoms with Crippen LogP contribution in [0.4, 0.5) is 4.39 Å². The molecular formula is C23H28FN3O3. The van der Waals surface area contributed by atoms with E-state index in [4.69, 9.17) is 9.47 Å². The largest absolute Gasteiger partial charge is 0.453 e. The van der Waals surface area contributed by atoms with Gasteiger partial charge in [0.15, 0.2) is 11.6 Å². The lowest BCUT2D eigenvalue weighted by atomic mass is 10.2. The van der Waals surface area contributed by atoms with Gasteiger partial charge in [0.1, 0.15) is 5.75 Å². The van der Waals surface area contributed by atoms with Crippen molar-refractivity contribution < 1.29 is 18.7 Å². The van der Waals surface area contributed by atoms with Gasteiger partial charge < -0.3 is 14.8 Å². The number of rotatable bonds is 8. The highest BCUT2D eigenvalue weighted by Crippen LogP contribution is 2.24. The quantitative estimate of drug-likeness (QED) is 0.529. The number of ether oxygens (including phenoxy) is 2. The highest BCUT2D eigenvalue weighted by molar-refractivity contribution is 5.91. The Bertz CT molecular complexity index is 850. The number of pyridine rings is 1. The molecule has 3 rings (SSSR count). The highest BCUT2D eigenvalue weighted by atomic mass is 19.1. The average Bonchev–Trinajstić information content (AvgIpc) is 2.71. The molecule has 1 aliphatic heterocycles. The summed E-state index contributed by atoms with van der Waals surface area (Å²) in [5.74, 6) is -0.137. The van der Waals surface area contributed by atoms with Gasteiger partial charge in [-0.05, 0) is 56.2 Å². The van der Waals surface area contributed by atoms with Crippen LogP contribution in [0.3, 0.4) is 0 Å². The molecule has 1 aliphatic rings. The number of hydrogen-bond acceptors (Lipinski definition) is 5. The predicted molar refractivity (Wildman–Crippen MR) is 114 cm³/mol. The van der Waals surface area contributed by atoms with Crippen molar-refractivity contribution in [3.8, 4) is 11.5 Å². The smallest absolute Gasteiger partial charge is 0.243 e. The standard InChI is InChI=1S/C23H28FN3O3/c1-17-15-27(16-18(2)29-17)12-4-11-26-23(28)9-7-19-6-8-22(21(24)13-19)30-20-5-3-10-25-14-20/h3,5-10,13-14,17-18H,4,11-12,15-16H2,1-2H3,(H,26,28)/b9-7+. The minimum atomic E-state index is -0.504. The molecule has 1 saturated heterocycles. The molecular weight excluding hydrogens is 385 g/mol. The van der Waals surface area contributed by atoms with E-state index in [0.717, 1.165) is 26.1 Å². The van der Waals surface area contributed by atoms with E-state index in [1.807, 2.05) is 0 Å². The van der Waals surface area contributed by atoms with Crippen molar-refractivity contribution in [1.82, 2.24) is 15.2 Å². The zero-order valence-electron chi connectivity index (χ0n) is 17.4. The Morgan fingerprint density at radius 2 is 2.13 bits per heavy atom. The third-order valence-electron chi connectivity index (χ3n) is 4.69. The minimum Gasteiger partial charge on any atom is -0.453 e. The second kappa shape index (κ2) is 10.8. The molecule has 2 unspecified atom stereocenters. The van der Waals surface area contributed by atoms with Crippen LogP contribution in [0.2, 0.25) is 0 Å². The predicted octanol–water partition coefficient (Wildman–Crippen LogP) is 3.64. The van der Waals surface area contributed by atoms with Gasteiger partial charge in [0, 0.05) is 38.5 Å². The van der Waals surface area contributed by atoms with Crippen molar-refractivity contribution in [2.45, 2.75) is 32.5 Å². The molecule has 2 atom stereocenters. The highest BCUT2D eigenvalue weighted by Gasteiger charge is 2.21. The van der Waals surface area contributed by atoms with E-state index >= 15 is 0 Å². The first-order valence-electron chi connectivity index (χ1n) is 10.2. The first kappa shape index (κ1) is 21.9. The fourth-order valence-corrected chi connectivity index (χ4v) is 3.45. The summed E-state index contributed by atoms with van der Waals surface area (Å²) in [6, 6.07) is 7.97. The molecule has 1 aromatic carbocycles. The molecule has 6 nitrogen and oxygen atoms in total. The van der Waals surface area contributed by atoms with Gasteiger partial charge in [-0.2, -0.15) is 0 Å². The number of nitrogens with one attached hydrogen (secondary N) is 1. The number of halogens is 1. The lowest BCUT2D eigenvalue weighted by Gasteiger charge is -2.35. The number of benzene rings is 1. The van der Waals surface area contributed by atoms with Crippen molar-refractivity contribution in [3.05, 3.63) is 60.2 Å². The van der Waals surface area contributed by atoms with Crippen molar-refractivity contribution in [2.24, 2.45) is 0 Å². The Kier molecular flexibility index (Phi) is 7.93. The van der Waals surface area contributed by atoms with Gasteiger partial charge in [-0.15, -0.1) is 0 Å². The van der Waals surface area contributed by atoms with Gasteiger partial charge in [0.25, 0.3) is 0 Å². The molecule has 1 aromatic heterocycles. The summed E-state index contributed by atoms with van der Waals surface area (Å²) >= 11 is 0. The van der Waals surface area contributed by atoms with Gasteiger partial charge >= 0.3 is 0 Å². The average molecular weight is 413 g/mol. The van der Waals surface area contributed by atoms with Crippen LogP contribution in [-0.4, -0.2) is 54.2 Å². The maximum absolute atomic E-state index is 14.2. The summed E-state index contributed by atoms with van der Waals surface area (Å²) in [5, 5.41) is 2.86. The summed E-state index contributed by atoms with van der Waals surface area (Å²) < 4.78 is 25.4. The van der Waals surface area contributed by atoms with Crippen LogP contribution in [-0.2, 0) is 9.53 Å². The molecule has 0 spiro atoms. The third-order valence-corrected chi connectivity index (χ3v) is 4.69. The van der Waals surface area contributed by atoms with E-state index in [0.29, 0.717) is 17.9 Å². The zero-order chi connectivity index (χ0) is 21.3. The number of nitrogens with zero attached hydrogens (tertiary/aromatic N) is 2. The molecule has 160 valence electrons. The van der Waals surface area contributed by atoms with Crippen LogP contribution in [0.25, 0.3) is 6.08 Å². The third kappa shape index (κ3) is 6.93. The molecule has 0 bridgehead atoms. The first-order valence-corrected chi connectivity index (χ1v) is 10.2. The second-order valence-corrected chi connectivity index (χ2v) is 7.48. The minimum absolute atomic E-state index is 0.108. The fourth-order valence-electron chi connectivity index (χ4n) is 3.45. The second-order valence-electron chi connectivity index (χ2n) is 7.48. The fraction of sp³-hybridized carbons (Fsp3) is 0.391. The summed E-state index contributed by atoms with van der Waals surface area (Å²) in [6.07, 6.45) is 7.48. The molecule has 30 heavy (non-hydrogen) atoms. The normalized spacial score (nSPS) is 19.7. The van der Waals surface area contributed by atoms with E-state index in [1.54, 1.807) is 30.5 Å². The number of aromatic nitrogens is 1. The maximum Gasteiger partial charge on any atom is 0.243 e. The van der Waals surface area contributed by atoms with E-state index in [1.165, 1.54) is 24.4 Å². The van der Waals surface area contributed by atoms with Crippen LogP contribution in [0.5, 0.6) is 11.5 Å². The molecule has 1 fully saturated rings. The molecule has 0 radical (unpaired) electrons. The molecule has 0 saturated carbocycles. The number of hydrogen-bond donors (Lipinski definition) is 1. The molecule has 2 aromatic rings. The van der Waals surface area contributed by atoms with E-state index in [-0.39, 0.29) is 23.9 Å². The number of morpholine rings is 1. The van der Waals surface area contributed by atoms with E-state index < -0.39 is 5.82 Å². The van der Waals surface area contributed by atoms with Gasteiger partial charge in [-0.25, -0.2) is 4.39 Å². The van der Waals surface area contributed by atoms with E-state index in [9.17, 15) is 9.18 Å². The topological polar surface area (TPSA) is 63.7 Å². The lowest BCUT2D eigenvalue weighted by Crippen LogP contribution is -2.46. The van der Waals surface area contributed by atoms with Crippen molar-refractivity contribution in [1.29, 1.82) is 0 Å². The van der Waals surface area contributed by atoms with Gasteiger partial charge in [-0.1, -0.05) is 6.07 Å². The van der Waals surface area contributed by atoms with Crippen LogP contribution >= 0.6 is 0 Å². The Balaban J connectivity index is 1.41. The number of carbonyl (C=O) groups excluding carboxylic acids is 1. The van der Waals surface area contributed by atoms with Gasteiger partial charge in [-0.3, -0.25) is 14.7 Å². The molecule has 1 amide bonds. The first-order chi connectivity index (χ1) is 14.5. The summed E-state index contributed by atoms with van der Waals surface area (Å²) in [5.41, 5.74) is 0.581. The monoisotopic (exact) mass is 413 g/mol. The molecule has 1 N–H and O–H groups in total. The Labute approximate surface area is 176 Å².